The summed E-state index contributed by atoms with van der Waals surface area (Å²) in [6.07, 6.45) is 19.4. The van der Waals surface area contributed by atoms with Crippen molar-refractivity contribution in [3.05, 3.63) is 0 Å². The van der Waals surface area contributed by atoms with Crippen LogP contribution in [0.15, 0.2) is 0 Å². The first-order chi connectivity index (χ1) is 17.4. The molecule has 0 aliphatic rings. The lowest BCUT2D eigenvalue weighted by Gasteiger charge is -2.28. The zero-order valence-corrected chi connectivity index (χ0v) is 23.1. The Kier molecular flexibility index (Phi) is 24.7. The summed E-state index contributed by atoms with van der Waals surface area (Å²) in [5.41, 5.74) is -1.24. The van der Waals surface area contributed by atoms with Crippen LogP contribution in [0.3, 0.4) is 0 Å². The summed E-state index contributed by atoms with van der Waals surface area (Å²) in [7, 11) is -2.60. The molecule has 9 nitrogen and oxygen atoms in total. The maximum absolute atomic E-state index is 11.9. The van der Waals surface area contributed by atoms with Gasteiger partial charge < -0.3 is 39.5 Å². The molecule has 1 unspecified atom stereocenters. The molecular weight excluding hydrogens is 487 g/mol. The first kappa shape index (κ1) is 35.6. The van der Waals surface area contributed by atoms with E-state index in [1.807, 2.05) is 0 Å². The van der Waals surface area contributed by atoms with Crippen molar-refractivity contribution in [1.82, 2.24) is 0 Å². The van der Waals surface area contributed by atoms with Gasteiger partial charge in [-0.15, -0.1) is 0 Å². The lowest BCUT2D eigenvalue weighted by molar-refractivity contribution is -0.151. The predicted octanol–water partition coefficient (Wildman–Crippen LogP) is 4.10. The van der Waals surface area contributed by atoms with E-state index >= 15 is 0 Å². The Morgan fingerprint density at radius 2 is 1.08 bits per heavy atom. The summed E-state index contributed by atoms with van der Waals surface area (Å²) in [4.78, 5) is 29.6. The minimum Gasteiger partial charge on any atom is -0.465 e. The number of carbonyl (C=O) groups excluding carboxylic acids is 1. The summed E-state index contributed by atoms with van der Waals surface area (Å²) in [5, 5.41) is 37.0. The van der Waals surface area contributed by atoms with Crippen LogP contribution in [0.4, 0.5) is 0 Å². The highest BCUT2D eigenvalue weighted by Crippen LogP contribution is 2.29. The summed E-state index contributed by atoms with van der Waals surface area (Å²) in [6, 6.07) is 0. The molecule has 0 bridgehead atoms. The number of carbonyl (C=O) groups is 1. The van der Waals surface area contributed by atoms with E-state index in [9.17, 15) is 20.1 Å². The number of aliphatic hydroxyl groups is 4. The first-order valence-electron chi connectivity index (χ1n) is 13.9. The van der Waals surface area contributed by atoms with E-state index in [-0.39, 0.29) is 26.2 Å². The zero-order chi connectivity index (χ0) is 26.9. The van der Waals surface area contributed by atoms with E-state index in [0.717, 1.165) is 32.1 Å². The van der Waals surface area contributed by atoms with E-state index in [1.54, 1.807) is 0 Å². The van der Waals surface area contributed by atoms with E-state index in [0.29, 0.717) is 6.42 Å². The summed E-state index contributed by atoms with van der Waals surface area (Å²) in [5.74, 6) is -0.394. The average Bonchev–Trinajstić information content (AvgIpc) is 2.88. The van der Waals surface area contributed by atoms with Gasteiger partial charge in [-0.1, -0.05) is 96.3 Å². The summed E-state index contributed by atoms with van der Waals surface area (Å²) in [6.45, 7) is -1.67. The van der Waals surface area contributed by atoms with Crippen molar-refractivity contribution in [2.75, 3.05) is 33.0 Å². The van der Waals surface area contributed by atoms with Gasteiger partial charge in [0.2, 0.25) is 0 Å². The molecule has 0 spiro atoms. The molecule has 0 saturated heterocycles. The van der Waals surface area contributed by atoms with E-state index in [4.69, 9.17) is 19.6 Å². The normalized spacial score (nSPS) is 12.9. The largest absolute Gasteiger partial charge is 0.465 e. The minimum absolute atomic E-state index is 0.126. The fraction of sp³-hybridized carbons (Fsp3) is 0.962. The molecule has 0 amide bonds. The van der Waals surface area contributed by atoms with Crippen molar-refractivity contribution in [2.24, 2.45) is 5.41 Å². The summed E-state index contributed by atoms with van der Waals surface area (Å²) >= 11 is 0. The van der Waals surface area contributed by atoms with Crippen molar-refractivity contribution in [2.45, 2.75) is 122 Å². The molecule has 10 heteroatoms. The molecule has 0 aromatic rings. The van der Waals surface area contributed by atoms with Crippen molar-refractivity contribution in [1.29, 1.82) is 0 Å². The molecule has 0 radical (unpaired) electrons. The molecule has 0 aliphatic heterocycles. The van der Waals surface area contributed by atoms with Gasteiger partial charge in [-0.2, -0.15) is 0 Å². The minimum atomic E-state index is -2.60. The Balaban J connectivity index is 3.45. The Bertz CT molecular complexity index is 490. The quantitative estimate of drug-likeness (QED) is 0.0513. The van der Waals surface area contributed by atoms with E-state index in [2.05, 4.69) is 4.52 Å². The fourth-order valence-electron chi connectivity index (χ4n) is 3.99. The second-order valence-electron chi connectivity index (χ2n) is 10.0. The number of rotatable bonds is 27. The van der Waals surface area contributed by atoms with Crippen molar-refractivity contribution in [3.8, 4) is 0 Å². The third kappa shape index (κ3) is 21.7. The lowest BCUT2D eigenvalue weighted by Crippen LogP contribution is -2.40. The molecular formula is C26H53O9P. The number of esters is 1. The maximum atomic E-state index is 11.9. The molecule has 0 fully saturated rings. The molecule has 36 heavy (non-hydrogen) atoms. The number of aliphatic hydroxyl groups excluding tert-OH is 4. The molecule has 1 atom stereocenters. The van der Waals surface area contributed by atoms with Crippen molar-refractivity contribution in [3.63, 3.8) is 0 Å². The van der Waals surface area contributed by atoms with Crippen molar-refractivity contribution >= 4 is 14.6 Å². The number of unbranched alkanes of at least 4 members (excludes halogenated alkanes) is 15. The first-order valence-corrected chi connectivity index (χ1v) is 15.0. The number of ether oxygens (including phenoxy) is 1. The van der Waals surface area contributed by atoms with Gasteiger partial charge in [0, 0.05) is 6.42 Å². The van der Waals surface area contributed by atoms with Gasteiger partial charge in [-0.3, -0.25) is 4.79 Å². The number of hydrogen-bond acceptors (Lipinski definition) is 9. The zero-order valence-electron chi connectivity index (χ0n) is 22.2. The van der Waals surface area contributed by atoms with E-state index < -0.39 is 39.3 Å². The molecule has 0 saturated carbocycles. The van der Waals surface area contributed by atoms with Crippen LogP contribution >= 0.6 is 8.60 Å². The van der Waals surface area contributed by atoms with Gasteiger partial charge in [0.15, 0.2) is 0 Å². The van der Waals surface area contributed by atoms with Crippen LogP contribution in [0.2, 0.25) is 0 Å². The molecule has 6 N–H and O–H groups in total. The van der Waals surface area contributed by atoms with Gasteiger partial charge in [0.05, 0.1) is 37.9 Å². The van der Waals surface area contributed by atoms with Gasteiger partial charge in [-0.25, -0.2) is 0 Å². The predicted molar refractivity (Wildman–Crippen MR) is 141 cm³/mol. The molecule has 0 heterocycles. The highest BCUT2D eigenvalue weighted by atomic mass is 31.2. The average molecular weight is 541 g/mol. The Morgan fingerprint density at radius 1 is 0.667 bits per heavy atom. The monoisotopic (exact) mass is 540 g/mol. The Labute approximate surface area is 219 Å². The van der Waals surface area contributed by atoms with Gasteiger partial charge in [0.1, 0.15) is 6.61 Å². The van der Waals surface area contributed by atoms with Crippen LogP contribution in [0.5, 0.6) is 0 Å². The van der Waals surface area contributed by atoms with Crippen LogP contribution in [0.1, 0.15) is 116 Å². The van der Waals surface area contributed by atoms with Crippen LogP contribution < -0.4 is 0 Å². The topological polar surface area (TPSA) is 157 Å². The van der Waals surface area contributed by atoms with Gasteiger partial charge in [0.25, 0.3) is 0 Å². The third-order valence-electron chi connectivity index (χ3n) is 6.58. The van der Waals surface area contributed by atoms with Crippen molar-refractivity contribution < 1.29 is 44.3 Å². The highest BCUT2D eigenvalue weighted by Gasteiger charge is 2.32. The molecule has 0 aliphatic carbocycles. The van der Waals surface area contributed by atoms with Crippen LogP contribution in [-0.2, 0) is 14.1 Å². The molecule has 216 valence electrons. The van der Waals surface area contributed by atoms with Crippen LogP contribution in [0.25, 0.3) is 0 Å². The highest BCUT2D eigenvalue weighted by molar-refractivity contribution is 7.39. The molecule has 0 aromatic carbocycles. The smallest absolute Gasteiger partial charge is 0.327 e. The van der Waals surface area contributed by atoms with Crippen LogP contribution in [-0.4, -0.2) is 75.3 Å². The second-order valence-corrected chi connectivity index (χ2v) is 10.8. The van der Waals surface area contributed by atoms with E-state index in [1.165, 1.54) is 70.6 Å². The molecule has 0 rings (SSSR count). The SMILES string of the molecule is O=C(CCCCCCCCCCCCCCCCCCC(O)CO)OCC(CO)(CO)COP(O)O. The van der Waals surface area contributed by atoms with Gasteiger partial charge in [-0.05, 0) is 12.8 Å². The lowest BCUT2D eigenvalue weighted by atomic mass is 9.93. The standard InChI is InChI=1S/C26H53O9P/c27-19-24(30)17-15-13-11-9-7-5-3-1-2-4-6-8-10-12-14-16-18-25(31)34-22-26(20-28,21-29)23-35-36(32)33/h24,27-30,32-33H,1-23H2. The Morgan fingerprint density at radius 3 is 1.47 bits per heavy atom. The summed E-state index contributed by atoms with van der Waals surface area (Å²) < 4.78 is 9.83. The van der Waals surface area contributed by atoms with Gasteiger partial charge >= 0.3 is 14.6 Å². The second kappa shape index (κ2) is 24.9. The fourth-order valence-corrected chi connectivity index (χ4v) is 4.38. The Hall–Kier alpha value is -0.380. The van der Waals surface area contributed by atoms with Crippen LogP contribution in [0, 0.1) is 5.41 Å². The molecule has 0 aromatic heterocycles. The third-order valence-corrected chi connectivity index (χ3v) is 6.94. The number of hydrogen-bond donors (Lipinski definition) is 6. The maximum Gasteiger partial charge on any atom is 0.327 e.